The van der Waals surface area contributed by atoms with E-state index >= 15 is 0 Å². The minimum absolute atomic E-state index is 0.332. The number of nitrogens with zero attached hydrogens (tertiary/aromatic N) is 2. The largest absolute Gasteiger partial charge is 0.493 e. The predicted octanol–water partition coefficient (Wildman–Crippen LogP) is 5.07. The normalized spacial score (nSPS) is 16.4. The van der Waals surface area contributed by atoms with E-state index in [-0.39, 0.29) is 0 Å². The molecule has 0 amide bonds. The van der Waals surface area contributed by atoms with Gasteiger partial charge < -0.3 is 14.2 Å². The van der Waals surface area contributed by atoms with Crippen LogP contribution in [0.25, 0.3) is 10.6 Å². The zero-order chi connectivity index (χ0) is 20.1. The first-order valence-corrected chi connectivity index (χ1v) is 11.5. The lowest BCUT2D eigenvalue weighted by Crippen LogP contribution is -2.31. The summed E-state index contributed by atoms with van der Waals surface area (Å²) in [6.45, 7) is 3.58. The Hall–Kier alpha value is -1.93. The van der Waals surface area contributed by atoms with Crippen LogP contribution < -0.4 is 9.47 Å². The highest BCUT2D eigenvalue weighted by Gasteiger charge is 2.21. The van der Waals surface area contributed by atoms with Crippen LogP contribution in [0.5, 0.6) is 11.5 Å². The van der Waals surface area contributed by atoms with Gasteiger partial charge in [-0.15, -0.1) is 22.7 Å². The molecule has 7 heteroatoms. The first-order chi connectivity index (χ1) is 14.2. The van der Waals surface area contributed by atoms with Gasteiger partial charge in [0.25, 0.3) is 0 Å². The van der Waals surface area contributed by atoms with E-state index < -0.39 is 0 Å². The van der Waals surface area contributed by atoms with Gasteiger partial charge in [0, 0.05) is 42.1 Å². The monoisotopic (exact) mass is 430 g/mol. The summed E-state index contributed by atoms with van der Waals surface area (Å²) in [5.41, 5.74) is 2.14. The maximum absolute atomic E-state index is 5.88. The molecule has 29 heavy (non-hydrogen) atoms. The van der Waals surface area contributed by atoms with E-state index in [0.717, 1.165) is 66.8 Å². The number of hydrogen-bond donors (Lipinski definition) is 0. The van der Waals surface area contributed by atoms with Gasteiger partial charge in [0.1, 0.15) is 5.01 Å². The molecular weight excluding hydrogens is 404 g/mol. The highest BCUT2D eigenvalue weighted by atomic mass is 32.1. The topological polar surface area (TPSA) is 43.8 Å². The van der Waals surface area contributed by atoms with Gasteiger partial charge in [0.05, 0.1) is 26.0 Å². The quantitative estimate of drug-likeness (QED) is 0.474. The van der Waals surface area contributed by atoms with E-state index in [1.165, 1.54) is 4.88 Å². The Morgan fingerprint density at radius 2 is 2.03 bits per heavy atom. The summed E-state index contributed by atoms with van der Waals surface area (Å²) >= 11 is 3.47. The van der Waals surface area contributed by atoms with Crippen molar-refractivity contribution in [2.24, 2.45) is 0 Å². The number of ether oxygens (including phenoxy) is 3. The summed E-state index contributed by atoms with van der Waals surface area (Å²) in [6.07, 6.45) is 2.64. The van der Waals surface area contributed by atoms with Gasteiger partial charge in [-0.1, -0.05) is 6.07 Å². The van der Waals surface area contributed by atoms with Crippen LogP contribution in [-0.2, 0) is 17.8 Å². The summed E-state index contributed by atoms with van der Waals surface area (Å²) in [4.78, 5) is 8.73. The predicted molar refractivity (Wildman–Crippen MR) is 118 cm³/mol. The van der Waals surface area contributed by atoms with Crippen LogP contribution in [0.2, 0.25) is 0 Å². The Bertz CT molecular complexity index is 905. The fraction of sp³-hybridized carbons (Fsp3) is 0.409. The molecule has 0 aliphatic carbocycles. The first kappa shape index (κ1) is 20.3. The van der Waals surface area contributed by atoms with Crippen LogP contribution in [0, 0.1) is 0 Å². The van der Waals surface area contributed by atoms with Crippen molar-refractivity contribution in [1.82, 2.24) is 9.88 Å². The molecule has 1 aliphatic rings. The second-order valence-corrected chi connectivity index (χ2v) is 8.99. The molecule has 0 saturated carbocycles. The van der Waals surface area contributed by atoms with E-state index in [9.17, 15) is 0 Å². The Labute approximate surface area is 179 Å². The van der Waals surface area contributed by atoms with E-state index in [2.05, 4.69) is 27.8 Å². The summed E-state index contributed by atoms with van der Waals surface area (Å²) in [5.74, 6) is 1.45. The fourth-order valence-electron chi connectivity index (χ4n) is 3.59. The van der Waals surface area contributed by atoms with E-state index in [1.807, 2.05) is 18.2 Å². The number of aromatic nitrogens is 1. The van der Waals surface area contributed by atoms with Gasteiger partial charge in [-0.2, -0.15) is 0 Å². The Kier molecular flexibility index (Phi) is 6.82. The van der Waals surface area contributed by atoms with Gasteiger partial charge >= 0.3 is 0 Å². The molecule has 0 spiro atoms. The van der Waals surface area contributed by atoms with Gasteiger partial charge in [0.2, 0.25) is 0 Å². The molecule has 1 atom stereocenters. The molecule has 1 fully saturated rings. The second kappa shape index (κ2) is 9.71. The zero-order valence-electron chi connectivity index (χ0n) is 16.8. The van der Waals surface area contributed by atoms with Crippen LogP contribution >= 0.6 is 22.7 Å². The molecule has 0 radical (unpaired) electrons. The number of benzene rings is 1. The van der Waals surface area contributed by atoms with E-state index in [4.69, 9.17) is 19.2 Å². The lowest BCUT2D eigenvalue weighted by molar-refractivity contribution is 0.0679. The summed E-state index contributed by atoms with van der Waals surface area (Å²) in [6, 6.07) is 10.2. The summed E-state index contributed by atoms with van der Waals surface area (Å²) in [7, 11) is 3.30. The number of thiophene rings is 1. The minimum Gasteiger partial charge on any atom is -0.493 e. The lowest BCUT2D eigenvalue weighted by Gasteiger charge is -2.24. The standard InChI is InChI=1S/C22H26N2O3S2/c1-25-20-8-7-16(11-21(20)26-2)22-23-17(15-29-22)12-24(13-18-5-3-9-27-18)14-19-6-4-10-28-19/h4,6-8,10-11,15,18H,3,5,9,12-14H2,1-2H3. The molecule has 3 aromatic rings. The third-order valence-corrected chi connectivity index (χ3v) is 6.81. The average molecular weight is 431 g/mol. The first-order valence-electron chi connectivity index (χ1n) is 9.78. The highest BCUT2D eigenvalue weighted by Crippen LogP contribution is 2.33. The van der Waals surface area contributed by atoms with Gasteiger partial charge in [-0.3, -0.25) is 4.90 Å². The van der Waals surface area contributed by atoms with Crippen LogP contribution in [0.3, 0.4) is 0 Å². The molecule has 5 nitrogen and oxygen atoms in total. The zero-order valence-corrected chi connectivity index (χ0v) is 18.4. The molecule has 1 aromatic carbocycles. The van der Waals surface area contributed by atoms with Crippen molar-refractivity contribution in [3.8, 4) is 22.1 Å². The molecule has 2 aromatic heterocycles. The van der Waals surface area contributed by atoms with Crippen LogP contribution in [0.15, 0.2) is 41.1 Å². The third kappa shape index (κ3) is 5.17. The third-order valence-electron chi connectivity index (χ3n) is 5.01. The number of thiazole rings is 1. The second-order valence-electron chi connectivity index (χ2n) is 7.10. The van der Waals surface area contributed by atoms with Crippen molar-refractivity contribution >= 4 is 22.7 Å². The van der Waals surface area contributed by atoms with Crippen LogP contribution in [-0.4, -0.2) is 43.4 Å². The molecule has 3 heterocycles. The molecule has 1 aliphatic heterocycles. The minimum atomic E-state index is 0.332. The SMILES string of the molecule is COc1ccc(-c2nc(CN(Cc3cccs3)CC3CCCO3)cs2)cc1OC. The van der Waals surface area contributed by atoms with E-state index in [1.54, 1.807) is 36.9 Å². The average Bonchev–Trinajstić information content (AvgIpc) is 3.51. The summed E-state index contributed by atoms with van der Waals surface area (Å²) < 4.78 is 16.7. The smallest absolute Gasteiger partial charge is 0.161 e. The van der Waals surface area contributed by atoms with Crippen molar-refractivity contribution in [2.45, 2.75) is 32.0 Å². The van der Waals surface area contributed by atoms with Crippen molar-refractivity contribution < 1.29 is 14.2 Å². The fourth-order valence-corrected chi connectivity index (χ4v) is 5.15. The molecule has 1 saturated heterocycles. The molecule has 4 rings (SSSR count). The Balaban J connectivity index is 1.49. The van der Waals surface area contributed by atoms with Gasteiger partial charge in [-0.25, -0.2) is 4.98 Å². The number of methoxy groups -OCH3 is 2. The van der Waals surface area contributed by atoms with Crippen molar-refractivity contribution in [3.05, 3.63) is 51.7 Å². The maximum Gasteiger partial charge on any atom is 0.161 e. The lowest BCUT2D eigenvalue weighted by atomic mass is 10.2. The maximum atomic E-state index is 5.88. The molecule has 1 unspecified atom stereocenters. The van der Waals surface area contributed by atoms with Crippen molar-refractivity contribution in [2.75, 3.05) is 27.4 Å². The Morgan fingerprint density at radius 3 is 2.76 bits per heavy atom. The van der Waals surface area contributed by atoms with Crippen LogP contribution in [0.1, 0.15) is 23.4 Å². The number of hydrogen-bond acceptors (Lipinski definition) is 7. The van der Waals surface area contributed by atoms with Crippen molar-refractivity contribution in [1.29, 1.82) is 0 Å². The van der Waals surface area contributed by atoms with Crippen molar-refractivity contribution in [3.63, 3.8) is 0 Å². The van der Waals surface area contributed by atoms with E-state index in [0.29, 0.717) is 6.10 Å². The molecule has 0 bridgehead atoms. The molecule has 154 valence electrons. The number of rotatable bonds is 9. The van der Waals surface area contributed by atoms with Gasteiger partial charge in [-0.05, 0) is 42.5 Å². The highest BCUT2D eigenvalue weighted by molar-refractivity contribution is 7.13. The molecule has 0 N–H and O–H groups in total. The Morgan fingerprint density at radius 1 is 1.14 bits per heavy atom. The summed E-state index contributed by atoms with van der Waals surface area (Å²) in [5, 5.41) is 5.29. The van der Waals surface area contributed by atoms with Gasteiger partial charge in [0.15, 0.2) is 11.5 Å². The van der Waals surface area contributed by atoms with Crippen LogP contribution in [0.4, 0.5) is 0 Å². The molecular formula is C22H26N2O3S2.